The first-order valence-electron chi connectivity index (χ1n) is 9.03. The van der Waals surface area contributed by atoms with Gasteiger partial charge < -0.3 is 9.47 Å². The van der Waals surface area contributed by atoms with Gasteiger partial charge in [0, 0.05) is 0 Å². The predicted octanol–water partition coefficient (Wildman–Crippen LogP) is 6.45. The van der Waals surface area contributed by atoms with Crippen molar-refractivity contribution in [1.29, 1.82) is 0 Å². The van der Waals surface area contributed by atoms with Gasteiger partial charge in [-0.3, -0.25) is 0 Å². The first-order valence-corrected chi connectivity index (χ1v) is 9.03. The van der Waals surface area contributed by atoms with Gasteiger partial charge in [0.1, 0.15) is 11.9 Å². The van der Waals surface area contributed by atoms with Crippen LogP contribution in [-0.2, 0) is 4.74 Å². The maximum atomic E-state index is 12.3. The molecule has 0 saturated heterocycles. The number of hydrogen-bond acceptors (Lipinski definition) is 3. The highest BCUT2D eigenvalue weighted by Gasteiger charge is 2.19. The molecule has 134 valence electrons. The molecule has 2 aromatic rings. The zero-order valence-corrected chi connectivity index (χ0v) is 15.7. The topological polar surface area (TPSA) is 35.5 Å². The largest absolute Gasteiger partial charge is 0.514 e. The summed E-state index contributed by atoms with van der Waals surface area (Å²) >= 11 is 0. The van der Waals surface area contributed by atoms with E-state index in [0.29, 0.717) is 5.75 Å². The Kier molecular flexibility index (Phi) is 7.05. The molecule has 0 radical (unpaired) electrons. The molecule has 0 aliphatic carbocycles. The average Bonchev–Trinajstić information content (AvgIpc) is 2.62. The molecule has 2 aromatic carbocycles. The lowest BCUT2D eigenvalue weighted by atomic mass is 10.0. The molecule has 1 unspecified atom stereocenters. The Labute approximate surface area is 151 Å². The Balaban J connectivity index is 2.07. The maximum Gasteiger partial charge on any atom is 0.514 e. The van der Waals surface area contributed by atoms with E-state index >= 15 is 0 Å². The van der Waals surface area contributed by atoms with Gasteiger partial charge in [0.15, 0.2) is 0 Å². The van der Waals surface area contributed by atoms with Crippen LogP contribution in [0.4, 0.5) is 4.79 Å². The molecule has 3 nitrogen and oxygen atoms in total. The van der Waals surface area contributed by atoms with Crippen LogP contribution in [0.3, 0.4) is 0 Å². The lowest BCUT2D eigenvalue weighted by Gasteiger charge is -2.19. The summed E-state index contributed by atoms with van der Waals surface area (Å²) < 4.78 is 11.1. The van der Waals surface area contributed by atoms with Crippen molar-refractivity contribution in [2.24, 2.45) is 0 Å². The van der Waals surface area contributed by atoms with E-state index in [1.54, 1.807) is 0 Å². The summed E-state index contributed by atoms with van der Waals surface area (Å²) in [6.45, 7) is 8.19. The standard InChI is InChI=1S/C22H28O3/c1-5-6-8-13-21(19-11-9-7-10-12-19)25-22(23)24-20-15-14-16(2)17(3)18(20)4/h7,9-12,14-15,21H,5-6,8,13H2,1-4H3. The van der Waals surface area contributed by atoms with Crippen LogP contribution in [0, 0.1) is 20.8 Å². The van der Waals surface area contributed by atoms with E-state index in [0.717, 1.165) is 42.4 Å². The second-order valence-electron chi connectivity index (χ2n) is 6.50. The van der Waals surface area contributed by atoms with Crippen LogP contribution >= 0.6 is 0 Å². The third kappa shape index (κ3) is 5.35. The number of aryl methyl sites for hydroxylation is 1. The maximum absolute atomic E-state index is 12.3. The molecule has 0 bridgehead atoms. The Bertz CT molecular complexity index is 692. The van der Waals surface area contributed by atoms with E-state index in [9.17, 15) is 4.79 Å². The quantitative estimate of drug-likeness (QED) is 0.330. The van der Waals surface area contributed by atoms with Crippen molar-refractivity contribution < 1.29 is 14.3 Å². The molecule has 0 amide bonds. The Morgan fingerprint density at radius 1 is 0.960 bits per heavy atom. The molecule has 0 saturated carbocycles. The first kappa shape index (κ1) is 19.0. The van der Waals surface area contributed by atoms with Gasteiger partial charge >= 0.3 is 6.16 Å². The van der Waals surface area contributed by atoms with Crippen molar-refractivity contribution >= 4 is 6.16 Å². The number of benzene rings is 2. The molecule has 0 aromatic heterocycles. The lowest BCUT2D eigenvalue weighted by molar-refractivity contribution is 0.0526. The molecule has 2 rings (SSSR count). The summed E-state index contributed by atoms with van der Waals surface area (Å²) in [5.41, 5.74) is 4.29. The molecular weight excluding hydrogens is 312 g/mol. The summed E-state index contributed by atoms with van der Waals surface area (Å²) in [4.78, 5) is 12.3. The van der Waals surface area contributed by atoms with E-state index in [2.05, 4.69) is 6.92 Å². The van der Waals surface area contributed by atoms with Crippen molar-refractivity contribution in [3.05, 3.63) is 64.7 Å². The van der Waals surface area contributed by atoms with Crippen LogP contribution in [-0.4, -0.2) is 6.16 Å². The summed E-state index contributed by atoms with van der Waals surface area (Å²) in [7, 11) is 0. The highest BCUT2D eigenvalue weighted by Crippen LogP contribution is 2.27. The normalized spacial score (nSPS) is 11.8. The smallest absolute Gasteiger partial charge is 0.426 e. The fourth-order valence-corrected chi connectivity index (χ4v) is 2.81. The molecule has 0 aliphatic heterocycles. The van der Waals surface area contributed by atoms with Gasteiger partial charge in [0.25, 0.3) is 0 Å². The Morgan fingerprint density at radius 2 is 1.68 bits per heavy atom. The van der Waals surface area contributed by atoms with Crippen LogP contribution < -0.4 is 4.74 Å². The fourth-order valence-electron chi connectivity index (χ4n) is 2.81. The van der Waals surface area contributed by atoms with Gasteiger partial charge in [-0.25, -0.2) is 4.79 Å². The lowest BCUT2D eigenvalue weighted by Crippen LogP contribution is -2.16. The van der Waals surface area contributed by atoms with Crippen molar-refractivity contribution in [3.63, 3.8) is 0 Å². The van der Waals surface area contributed by atoms with Gasteiger partial charge in [-0.05, 0) is 61.9 Å². The van der Waals surface area contributed by atoms with Gasteiger partial charge in [-0.15, -0.1) is 0 Å². The van der Waals surface area contributed by atoms with Crippen molar-refractivity contribution in [2.45, 2.75) is 59.5 Å². The van der Waals surface area contributed by atoms with E-state index in [-0.39, 0.29) is 6.10 Å². The minimum Gasteiger partial charge on any atom is -0.426 e. The average molecular weight is 340 g/mol. The molecule has 0 aliphatic rings. The zero-order chi connectivity index (χ0) is 18.2. The van der Waals surface area contributed by atoms with Gasteiger partial charge in [-0.2, -0.15) is 0 Å². The number of hydrogen-bond donors (Lipinski definition) is 0. The number of unbranched alkanes of at least 4 members (excludes halogenated alkanes) is 2. The highest BCUT2D eigenvalue weighted by molar-refractivity contribution is 5.65. The zero-order valence-electron chi connectivity index (χ0n) is 15.7. The minimum absolute atomic E-state index is 0.271. The predicted molar refractivity (Wildman–Crippen MR) is 101 cm³/mol. The fraction of sp³-hybridized carbons (Fsp3) is 0.409. The van der Waals surface area contributed by atoms with Crippen molar-refractivity contribution in [3.8, 4) is 5.75 Å². The third-order valence-electron chi connectivity index (χ3n) is 4.68. The summed E-state index contributed by atoms with van der Waals surface area (Å²) in [5, 5.41) is 0. The molecule has 0 fully saturated rings. The number of carbonyl (C=O) groups excluding carboxylic acids is 1. The first-order chi connectivity index (χ1) is 12.0. The molecule has 3 heteroatoms. The molecule has 0 spiro atoms. The number of rotatable bonds is 7. The summed E-state index contributed by atoms with van der Waals surface area (Å²) in [6, 6.07) is 13.7. The second-order valence-corrected chi connectivity index (χ2v) is 6.50. The van der Waals surface area contributed by atoms with Crippen LogP contribution in [0.2, 0.25) is 0 Å². The van der Waals surface area contributed by atoms with E-state index in [1.807, 2.05) is 63.2 Å². The molecule has 1 atom stereocenters. The van der Waals surface area contributed by atoms with E-state index in [4.69, 9.17) is 9.47 Å². The van der Waals surface area contributed by atoms with Gasteiger partial charge in [-0.1, -0.05) is 56.2 Å². The molecule has 25 heavy (non-hydrogen) atoms. The highest BCUT2D eigenvalue weighted by atomic mass is 16.7. The van der Waals surface area contributed by atoms with Crippen molar-refractivity contribution in [1.82, 2.24) is 0 Å². The Morgan fingerprint density at radius 3 is 2.36 bits per heavy atom. The van der Waals surface area contributed by atoms with Crippen molar-refractivity contribution in [2.75, 3.05) is 0 Å². The van der Waals surface area contributed by atoms with E-state index in [1.165, 1.54) is 5.56 Å². The molecule has 0 heterocycles. The molecular formula is C22H28O3. The molecule has 0 N–H and O–H groups in total. The van der Waals surface area contributed by atoms with Gasteiger partial charge in [0.05, 0.1) is 0 Å². The van der Waals surface area contributed by atoms with Gasteiger partial charge in [0.2, 0.25) is 0 Å². The van der Waals surface area contributed by atoms with Crippen LogP contribution in [0.1, 0.15) is 61.0 Å². The van der Waals surface area contributed by atoms with Crippen LogP contribution in [0.25, 0.3) is 0 Å². The number of ether oxygens (including phenoxy) is 2. The third-order valence-corrected chi connectivity index (χ3v) is 4.68. The Hall–Kier alpha value is -2.29. The van der Waals surface area contributed by atoms with E-state index < -0.39 is 6.16 Å². The summed E-state index contributed by atoms with van der Waals surface area (Å²) in [6.07, 6.45) is 3.17. The SMILES string of the molecule is CCCCCC(OC(=O)Oc1ccc(C)c(C)c1C)c1ccccc1. The van der Waals surface area contributed by atoms with Crippen LogP contribution in [0.15, 0.2) is 42.5 Å². The monoisotopic (exact) mass is 340 g/mol. The van der Waals surface area contributed by atoms with Crippen LogP contribution in [0.5, 0.6) is 5.75 Å². The summed E-state index contributed by atoms with van der Waals surface area (Å²) in [5.74, 6) is 0.563. The minimum atomic E-state index is -0.642. The second kappa shape index (κ2) is 9.26. The number of carbonyl (C=O) groups is 1.